The molecule has 78 valence electrons. The van der Waals surface area contributed by atoms with Crippen LogP contribution in [0.3, 0.4) is 0 Å². The van der Waals surface area contributed by atoms with Gasteiger partial charge in [-0.05, 0) is 24.4 Å². The minimum Gasteiger partial charge on any atom is -0.396 e. The highest BCUT2D eigenvalue weighted by atomic mass is 16.3. The minimum absolute atomic E-state index is 0.271. The van der Waals surface area contributed by atoms with Crippen LogP contribution < -0.4 is 5.32 Å². The fourth-order valence-electron chi connectivity index (χ4n) is 1.42. The van der Waals surface area contributed by atoms with Crippen LogP contribution in [0.25, 0.3) is 0 Å². The lowest BCUT2D eigenvalue weighted by atomic mass is 10.0. The van der Waals surface area contributed by atoms with Crippen molar-refractivity contribution in [3.63, 3.8) is 0 Å². The third-order valence-electron chi connectivity index (χ3n) is 2.33. The van der Waals surface area contributed by atoms with Crippen molar-refractivity contribution in [2.75, 3.05) is 19.7 Å². The fourth-order valence-corrected chi connectivity index (χ4v) is 1.42. The van der Waals surface area contributed by atoms with Crippen molar-refractivity contribution in [3.05, 3.63) is 35.9 Å². The molecule has 0 aliphatic heterocycles. The maximum Gasteiger partial charge on any atom is 0.0443 e. The quantitative estimate of drug-likeness (QED) is 0.675. The predicted octanol–water partition coefficient (Wildman–Crippen LogP) is 1.76. The Morgan fingerprint density at radius 2 is 2.00 bits per heavy atom. The fraction of sp³-hybridized carbons (Fsp3) is 0.500. The summed E-state index contributed by atoms with van der Waals surface area (Å²) in [5.41, 5.74) is 1.36. The number of rotatable bonds is 6. The molecule has 0 radical (unpaired) electrons. The van der Waals surface area contributed by atoms with Crippen molar-refractivity contribution >= 4 is 0 Å². The number of hydrogen-bond acceptors (Lipinski definition) is 2. The Morgan fingerprint density at radius 3 is 2.64 bits per heavy atom. The molecular formula is C12H19NO. The second-order valence-corrected chi connectivity index (χ2v) is 3.59. The third-order valence-corrected chi connectivity index (χ3v) is 2.33. The molecule has 2 heteroatoms. The van der Waals surface area contributed by atoms with E-state index < -0.39 is 0 Å². The van der Waals surface area contributed by atoms with Gasteiger partial charge < -0.3 is 10.4 Å². The van der Waals surface area contributed by atoms with E-state index in [9.17, 15) is 0 Å². The van der Waals surface area contributed by atoms with E-state index in [0.29, 0.717) is 5.92 Å². The number of hydrogen-bond donors (Lipinski definition) is 2. The minimum atomic E-state index is 0.271. The second-order valence-electron chi connectivity index (χ2n) is 3.59. The average molecular weight is 193 g/mol. The summed E-state index contributed by atoms with van der Waals surface area (Å²) in [5.74, 6) is 0.537. The molecule has 0 aliphatic carbocycles. The molecule has 0 unspecified atom stereocenters. The van der Waals surface area contributed by atoms with E-state index in [1.165, 1.54) is 5.56 Å². The Balaban J connectivity index is 2.25. The first-order valence-electron chi connectivity index (χ1n) is 5.21. The number of benzene rings is 1. The molecule has 1 rings (SSSR count). The first-order chi connectivity index (χ1) is 6.84. The molecule has 0 bridgehead atoms. The van der Waals surface area contributed by atoms with Gasteiger partial charge in [-0.25, -0.2) is 0 Å². The highest BCUT2D eigenvalue weighted by Gasteiger charge is 2.02. The summed E-state index contributed by atoms with van der Waals surface area (Å²) >= 11 is 0. The highest BCUT2D eigenvalue weighted by Crippen LogP contribution is 2.12. The smallest absolute Gasteiger partial charge is 0.0443 e. The summed E-state index contributed by atoms with van der Waals surface area (Å²) in [6.45, 7) is 4.35. The van der Waals surface area contributed by atoms with E-state index in [4.69, 9.17) is 5.11 Å². The topological polar surface area (TPSA) is 32.3 Å². The highest BCUT2D eigenvalue weighted by molar-refractivity contribution is 5.18. The van der Waals surface area contributed by atoms with Crippen LogP contribution in [0.2, 0.25) is 0 Å². The molecule has 2 N–H and O–H groups in total. The largest absolute Gasteiger partial charge is 0.396 e. The Kier molecular flexibility index (Phi) is 5.27. The first kappa shape index (κ1) is 11.2. The lowest BCUT2D eigenvalue weighted by molar-refractivity contribution is 0.286. The zero-order valence-electron chi connectivity index (χ0n) is 8.74. The van der Waals surface area contributed by atoms with Crippen molar-refractivity contribution in [3.8, 4) is 0 Å². The summed E-state index contributed by atoms with van der Waals surface area (Å²) in [6, 6.07) is 10.5. The molecule has 2 nitrogen and oxygen atoms in total. The van der Waals surface area contributed by atoms with Crippen molar-refractivity contribution < 1.29 is 5.11 Å². The predicted molar refractivity (Wildman–Crippen MR) is 59.4 cm³/mol. The number of aliphatic hydroxyl groups is 1. The lowest BCUT2D eigenvalue weighted by Gasteiger charge is -2.12. The van der Waals surface area contributed by atoms with Crippen LogP contribution in [-0.2, 0) is 0 Å². The molecule has 0 heterocycles. The molecule has 0 saturated carbocycles. The van der Waals surface area contributed by atoms with Crippen molar-refractivity contribution in [1.82, 2.24) is 5.32 Å². The van der Waals surface area contributed by atoms with E-state index in [1.807, 2.05) is 6.07 Å². The molecule has 0 amide bonds. The van der Waals surface area contributed by atoms with Crippen LogP contribution in [0, 0.1) is 0 Å². The molecule has 1 aromatic rings. The Hall–Kier alpha value is -0.860. The van der Waals surface area contributed by atoms with Crippen molar-refractivity contribution in [2.45, 2.75) is 19.3 Å². The molecule has 0 saturated heterocycles. The zero-order chi connectivity index (χ0) is 10.2. The van der Waals surface area contributed by atoms with E-state index >= 15 is 0 Å². The summed E-state index contributed by atoms with van der Waals surface area (Å²) in [6.07, 6.45) is 0.835. The first-order valence-corrected chi connectivity index (χ1v) is 5.21. The zero-order valence-corrected chi connectivity index (χ0v) is 8.74. The van der Waals surface area contributed by atoms with Gasteiger partial charge in [0, 0.05) is 13.2 Å². The molecule has 0 fully saturated rings. The standard InChI is InChI=1S/C12H19NO/c1-11(10-13-8-5-9-14)12-6-3-2-4-7-12/h2-4,6-7,11,13-14H,5,8-10H2,1H3/t11-/m1/s1. The SMILES string of the molecule is C[C@H](CNCCCO)c1ccccc1. The molecule has 0 aliphatic rings. The van der Waals surface area contributed by atoms with E-state index in [1.54, 1.807) is 0 Å². The number of aliphatic hydroxyl groups excluding tert-OH is 1. The van der Waals surface area contributed by atoms with Gasteiger partial charge in [-0.15, -0.1) is 0 Å². The van der Waals surface area contributed by atoms with Gasteiger partial charge in [0.15, 0.2) is 0 Å². The third kappa shape index (κ3) is 3.90. The molecule has 1 aromatic carbocycles. The van der Waals surface area contributed by atoms with Gasteiger partial charge in [0.05, 0.1) is 0 Å². The summed E-state index contributed by atoms with van der Waals surface area (Å²) < 4.78 is 0. The van der Waals surface area contributed by atoms with E-state index in [2.05, 4.69) is 36.5 Å². The molecule has 14 heavy (non-hydrogen) atoms. The van der Waals surface area contributed by atoms with Gasteiger partial charge in [0.25, 0.3) is 0 Å². The van der Waals surface area contributed by atoms with Gasteiger partial charge in [0.2, 0.25) is 0 Å². The Labute approximate surface area is 86.0 Å². The van der Waals surface area contributed by atoms with Crippen LogP contribution in [0.1, 0.15) is 24.8 Å². The Morgan fingerprint density at radius 1 is 1.29 bits per heavy atom. The maximum absolute atomic E-state index is 8.61. The van der Waals surface area contributed by atoms with Gasteiger partial charge in [-0.3, -0.25) is 0 Å². The molecule has 0 spiro atoms. The maximum atomic E-state index is 8.61. The van der Waals surface area contributed by atoms with Crippen LogP contribution >= 0.6 is 0 Å². The monoisotopic (exact) mass is 193 g/mol. The van der Waals surface area contributed by atoms with Crippen molar-refractivity contribution in [1.29, 1.82) is 0 Å². The van der Waals surface area contributed by atoms with Crippen LogP contribution in [0.15, 0.2) is 30.3 Å². The van der Waals surface area contributed by atoms with Gasteiger partial charge in [-0.2, -0.15) is 0 Å². The molecular weight excluding hydrogens is 174 g/mol. The Bertz CT molecular complexity index is 235. The van der Waals surface area contributed by atoms with Crippen LogP contribution in [-0.4, -0.2) is 24.8 Å². The van der Waals surface area contributed by atoms with Gasteiger partial charge in [0.1, 0.15) is 0 Å². The summed E-state index contributed by atoms with van der Waals surface area (Å²) in [7, 11) is 0. The second kappa shape index (κ2) is 6.57. The van der Waals surface area contributed by atoms with Crippen LogP contribution in [0.5, 0.6) is 0 Å². The number of nitrogens with one attached hydrogen (secondary N) is 1. The van der Waals surface area contributed by atoms with Gasteiger partial charge >= 0.3 is 0 Å². The van der Waals surface area contributed by atoms with E-state index in [0.717, 1.165) is 19.5 Å². The summed E-state index contributed by atoms with van der Waals surface area (Å²) in [4.78, 5) is 0. The summed E-state index contributed by atoms with van der Waals surface area (Å²) in [5, 5.41) is 11.9. The van der Waals surface area contributed by atoms with Gasteiger partial charge in [-0.1, -0.05) is 37.3 Å². The lowest BCUT2D eigenvalue weighted by Crippen LogP contribution is -2.21. The van der Waals surface area contributed by atoms with Crippen LogP contribution in [0.4, 0.5) is 0 Å². The average Bonchev–Trinajstić information content (AvgIpc) is 2.25. The molecule has 1 atom stereocenters. The van der Waals surface area contributed by atoms with E-state index in [-0.39, 0.29) is 6.61 Å². The molecule has 0 aromatic heterocycles. The normalized spacial score (nSPS) is 12.7. The van der Waals surface area contributed by atoms with Crippen molar-refractivity contribution in [2.24, 2.45) is 0 Å².